The normalized spacial score (nSPS) is 22.7. The summed E-state index contributed by atoms with van der Waals surface area (Å²) in [7, 11) is 0. The molecule has 124 valence electrons. The van der Waals surface area contributed by atoms with Gasteiger partial charge in [0.1, 0.15) is 0 Å². The lowest BCUT2D eigenvalue weighted by atomic mass is 9.89. The van der Waals surface area contributed by atoms with E-state index in [9.17, 15) is 9.90 Å². The minimum Gasteiger partial charge on any atom is -0.389 e. The second kappa shape index (κ2) is 6.26. The highest BCUT2D eigenvalue weighted by Crippen LogP contribution is 2.29. The smallest absolute Gasteiger partial charge is 0.238 e. The van der Waals surface area contributed by atoms with E-state index in [0.717, 1.165) is 24.3 Å². The molecule has 0 bridgehead atoms. The van der Waals surface area contributed by atoms with E-state index in [1.54, 1.807) is 13.8 Å². The summed E-state index contributed by atoms with van der Waals surface area (Å²) in [5.41, 5.74) is 3.47. The van der Waals surface area contributed by atoms with Crippen LogP contribution in [0.4, 0.5) is 5.69 Å². The molecule has 0 aliphatic carbocycles. The van der Waals surface area contributed by atoms with Gasteiger partial charge >= 0.3 is 0 Å². The SMILES string of the molecule is Cc1c(N2CC(C)CC(C(=O)NN)C2)cnn1CC(C)(C)O. The van der Waals surface area contributed by atoms with Gasteiger partial charge in [0.25, 0.3) is 0 Å². The molecule has 0 saturated carbocycles. The second-order valence-electron chi connectivity index (χ2n) is 7.04. The Kier molecular flexibility index (Phi) is 4.77. The quantitative estimate of drug-likeness (QED) is 0.425. The van der Waals surface area contributed by atoms with Crippen LogP contribution in [0.2, 0.25) is 0 Å². The van der Waals surface area contributed by atoms with Crippen LogP contribution in [0.5, 0.6) is 0 Å². The predicted octanol–water partition coefficient (Wildman–Crippen LogP) is 0.415. The van der Waals surface area contributed by atoms with Crippen LogP contribution >= 0.6 is 0 Å². The maximum Gasteiger partial charge on any atom is 0.238 e. The average molecular weight is 309 g/mol. The molecule has 0 spiro atoms. The number of nitrogens with one attached hydrogen (secondary N) is 1. The summed E-state index contributed by atoms with van der Waals surface area (Å²) in [5, 5.41) is 14.3. The number of carbonyl (C=O) groups is 1. The van der Waals surface area contributed by atoms with Crippen molar-refractivity contribution in [2.45, 2.75) is 46.3 Å². The van der Waals surface area contributed by atoms with Gasteiger partial charge in [-0.1, -0.05) is 6.92 Å². The van der Waals surface area contributed by atoms with Crippen molar-refractivity contribution in [1.29, 1.82) is 0 Å². The minimum atomic E-state index is -0.814. The third kappa shape index (κ3) is 3.78. The van der Waals surface area contributed by atoms with Crippen LogP contribution in [-0.2, 0) is 11.3 Å². The largest absolute Gasteiger partial charge is 0.389 e. The maximum atomic E-state index is 11.9. The van der Waals surface area contributed by atoms with E-state index in [1.165, 1.54) is 0 Å². The fourth-order valence-corrected chi connectivity index (χ4v) is 3.13. The highest BCUT2D eigenvalue weighted by atomic mass is 16.3. The number of carbonyl (C=O) groups excluding carboxylic acids is 1. The number of piperidine rings is 1. The monoisotopic (exact) mass is 309 g/mol. The van der Waals surface area contributed by atoms with Crippen molar-refractivity contribution in [2.24, 2.45) is 17.7 Å². The number of nitrogens with two attached hydrogens (primary N) is 1. The molecule has 0 radical (unpaired) electrons. The zero-order valence-corrected chi connectivity index (χ0v) is 13.8. The first-order valence-corrected chi connectivity index (χ1v) is 7.71. The number of hydrogen-bond donors (Lipinski definition) is 3. The van der Waals surface area contributed by atoms with E-state index in [2.05, 4.69) is 22.3 Å². The summed E-state index contributed by atoms with van der Waals surface area (Å²) in [4.78, 5) is 14.0. The molecule has 7 nitrogen and oxygen atoms in total. The number of hydrazine groups is 1. The van der Waals surface area contributed by atoms with Crippen LogP contribution in [0.25, 0.3) is 0 Å². The Balaban J connectivity index is 2.18. The molecule has 1 aromatic heterocycles. The first-order chi connectivity index (χ1) is 10.2. The fourth-order valence-electron chi connectivity index (χ4n) is 3.13. The lowest BCUT2D eigenvalue weighted by molar-refractivity contribution is -0.125. The Labute approximate surface area is 131 Å². The van der Waals surface area contributed by atoms with Gasteiger partial charge in [-0.3, -0.25) is 14.9 Å². The summed E-state index contributed by atoms with van der Waals surface area (Å²) >= 11 is 0. The van der Waals surface area contributed by atoms with Crippen molar-refractivity contribution in [2.75, 3.05) is 18.0 Å². The van der Waals surface area contributed by atoms with Gasteiger partial charge in [0.2, 0.25) is 5.91 Å². The van der Waals surface area contributed by atoms with Gasteiger partial charge in [0, 0.05) is 13.1 Å². The summed E-state index contributed by atoms with van der Waals surface area (Å²) < 4.78 is 1.81. The van der Waals surface area contributed by atoms with Gasteiger partial charge in [-0.15, -0.1) is 0 Å². The van der Waals surface area contributed by atoms with Crippen molar-refractivity contribution in [3.8, 4) is 0 Å². The van der Waals surface area contributed by atoms with Crippen molar-refractivity contribution in [1.82, 2.24) is 15.2 Å². The van der Waals surface area contributed by atoms with Gasteiger partial charge in [-0.2, -0.15) is 5.10 Å². The topological polar surface area (TPSA) is 96.4 Å². The van der Waals surface area contributed by atoms with E-state index in [1.807, 2.05) is 17.8 Å². The Bertz CT molecular complexity index is 535. The molecule has 1 aliphatic heterocycles. The zero-order chi connectivity index (χ0) is 16.5. The lowest BCUT2D eigenvalue weighted by Gasteiger charge is -2.36. The van der Waals surface area contributed by atoms with Gasteiger partial charge in [0.15, 0.2) is 0 Å². The van der Waals surface area contributed by atoms with Crippen LogP contribution in [-0.4, -0.2) is 39.5 Å². The standard InChI is InChI=1S/C15H27N5O2/c1-10-5-12(14(21)18-16)8-19(7-10)13-6-17-20(11(13)2)9-15(3,4)22/h6,10,12,22H,5,7-9,16H2,1-4H3,(H,18,21). The van der Waals surface area contributed by atoms with Gasteiger partial charge in [0.05, 0.1) is 35.6 Å². The number of amides is 1. The van der Waals surface area contributed by atoms with E-state index in [-0.39, 0.29) is 11.8 Å². The minimum absolute atomic E-state index is 0.106. The fraction of sp³-hybridized carbons (Fsp3) is 0.733. The van der Waals surface area contributed by atoms with Crippen molar-refractivity contribution in [3.05, 3.63) is 11.9 Å². The molecule has 2 atom stereocenters. The lowest BCUT2D eigenvalue weighted by Crippen LogP contribution is -2.47. The molecule has 2 heterocycles. The molecule has 2 unspecified atom stereocenters. The molecule has 7 heteroatoms. The van der Waals surface area contributed by atoms with E-state index in [0.29, 0.717) is 19.0 Å². The van der Waals surface area contributed by atoms with Crippen LogP contribution in [0.3, 0.4) is 0 Å². The highest BCUT2D eigenvalue weighted by molar-refractivity contribution is 5.79. The first-order valence-electron chi connectivity index (χ1n) is 7.71. The Morgan fingerprint density at radius 3 is 2.82 bits per heavy atom. The summed E-state index contributed by atoms with van der Waals surface area (Å²) in [6.45, 7) is 9.63. The molecule has 2 rings (SSSR count). The number of aromatic nitrogens is 2. The number of aliphatic hydroxyl groups is 1. The molecular formula is C15H27N5O2. The second-order valence-corrected chi connectivity index (χ2v) is 7.04. The summed E-state index contributed by atoms with van der Waals surface area (Å²) in [6, 6.07) is 0. The Hall–Kier alpha value is -1.60. The zero-order valence-electron chi connectivity index (χ0n) is 13.8. The molecule has 22 heavy (non-hydrogen) atoms. The van der Waals surface area contributed by atoms with Crippen LogP contribution in [0, 0.1) is 18.8 Å². The molecule has 1 fully saturated rings. The van der Waals surface area contributed by atoms with Gasteiger partial charge < -0.3 is 10.0 Å². The van der Waals surface area contributed by atoms with Crippen LogP contribution in [0.15, 0.2) is 6.20 Å². The van der Waals surface area contributed by atoms with Crippen molar-refractivity contribution >= 4 is 11.6 Å². The molecule has 1 saturated heterocycles. The molecular weight excluding hydrogens is 282 g/mol. The number of anilines is 1. The molecule has 4 N–H and O–H groups in total. The number of rotatable bonds is 4. The Morgan fingerprint density at radius 2 is 2.23 bits per heavy atom. The third-order valence-corrected chi connectivity index (χ3v) is 4.13. The molecule has 1 amide bonds. The maximum absolute atomic E-state index is 11.9. The molecule has 1 aliphatic rings. The van der Waals surface area contributed by atoms with Crippen LogP contribution in [0.1, 0.15) is 32.9 Å². The van der Waals surface area contributed by atoms with E-state index >= 15 is 0 Å². The van der Waals surface area contributed by atoms with Crippen LogP contribution < -0.4 is 16.2 Å². The Morgan fingerprint density at radius 1 is 1.55 bits per heavy atom. The number of nitrogens with zero attached hydrogens (tertiary/aromatic N) is 3. The van der Waals surface area contributed by atoms with E-state index in [4.69, 9.17) is 5.84 Å². The first kappa shape index (κ1) is 16.8. The third-order valence-electron chi connectivity index (χ3n) is 4.13. The molecule has 0 aromatic carbocycles. The van der Waals surface area contributed by atoms with E-state index < -0.39 is 5.60 Å². The van der Waals surface area contributed by atoms with Gasteiger partial charge in [-0.05, 0) is 33.1 Å². The predicted molar refractivity (Wildman–Crippen MR) is 85.1 cm³/mol. The summed E-state index contributed by atoms with van der Waals surface area (Å²) in [6.07, 6.45) is 2.66. The van der Waals surface area contributed by atoms with Crippen molar-refractivity contribution in [3.63, 3.8) is 0 Å². The number of hydrogen-bond acceptors (Lipinski definition) is 5. The summed E-state index contributed by atoms with van der Waals surface area (Å²) in [5.74, 6) is 5.47. The van der Waals surface area contributed by atoms with Crippen molar-refractivity contribution < 1.29 is 9.90 Å². The molecule has 1 aromatic rings. The highest BCUT2D eigenvalue weighted by Gasteiger charge is 2.31. The van der Waals surface area contributed by atoms with Gasteiger partial charge in [-0.25, -0.2) is 5.84 Å². The average Bonchev–Trinajstić information content (AvgIpc) is 2.76.